The van der Waals surface area contributed by atoms with E-state index in [2.05, 4.69) is 4.99 Å². The molecule has 74 valence electrons. The van der Waals surface area contributed by atoms with E-state index in [4.69, 9.17) is 34.7 Å². The summed E-state index contributed by atoms with van der Waals surface area (Å²) in [7, 11) is 0. The molecule has 0 spiro atoms. The summed E-state index contributed by atoms with van der Waals surface area (Å²) in [6, 6.07) is 5.32. The van der Waals surface area contributed by atoms with Gasteiger partial charge in [-0.05, 0) is 17.7 Å². The lowest BCUT2D eigenvalue weighted by Crippen LogP contribution is -2.21. The molecule has 0 saturated heterocycles. The van der Waals surface area contributed by atoms with Crippen molar-refractivity contribution in [3.05, 3.63) is 40.0 Å². The van der Waals surface area contributed by atoms with Crippen LogP contribution in [0, 0.1) is 0 Å². The second-order valence-electron chi connectivity index (χ2n) is 2.51. The molecule has 0 radical (unpaired) electrons. The van der Waals surface area contributed by atoms with Gasteiger partial charge in [0, 0.05) is 6.20 Å². The second kappa shape index (κ2) is 4.88. The zero-order valence-corrected chi connectivity index (χ0v) is 8.76. The minimum Gasteiger partial charge on any atom is -0.370 e. The summed E-state index contributed by atoms with van der Waals surface area (Å²) in [5.74, 6) is -0.000555. The molecule has 0 aliphatic carbocycles. The number of hydrogen-bond acceptors (Lipinski definition) is 1. The van der Waals surface area contributed by atoms with Gasteiger partial charge in [0.1, 0.15) is 0 Å². The Kier molecular flexibility index (Phi) is 3.80. The number of nitrogens with two attached hydrogens (primary N) is 2. The van der Waals surface area contributed by atoms with Gasteiger partial charge in [-0.25, -0.2) is 4.99 Å². The Labute approximate surface area is 92.0 Å². The molecule has 0 fully saturated rings. The van der Waals surface area contributed by atoms with Crippen LogP contribution < -0.4 is 11.5 Å². The van der Waals surface area contributed by atoms with Crippen LogP contribution in [0.1, 0.15) is 5.56 Å². The van der Waals surface area contributed by atoms with E-state index in [0.29, 0.717) is 10.0 Å². The fraction of sp³-hybridized carbons (Fsp3) is 0. The van der Waals surface area contributed by atoms with Crippen molar-refractivity contribution in [3.8, 4) is 0 Å². The van der Waals surface area contributed by atoms with Crippen LogP contribution in [0.15, 0.2) is 29.4 Å². The second-order valence-corrected chi connectivity index (χ2v) is 3.30. The topological polar surface area (TPSA) is 64.4 Å². The lowest BCUT2D eigenvalue weighted by atomic mass is 10.2. The number of aliphatic imine (C=N–C) groups is 1. The Morgan fingerprint density at radius 2 is 2.00 bits per heavy atom. The van der Waals surface area contributed by atoms with E-state index in [9.17, 15) is 0 Å². The maximum atomic E-state index is 5.91. The summed E-state index contributed by atoms with van der Waals surface area (Å²) in [5, 5.41) is 0.981. The summed E-state index contributed by atoms with van der Waals surface area (Å²) >= 11 is 11.7. The lowest BCUT2D eigenvalue weighted by Gasteiger charge is -1.98. The molecule has 0 heterocycles. The molecule has 3 nitrogen and oxygen atoms in total. The van der Waals surface area contributed by atoms with E-state index >= 15 is 0 Å². The molecule has 0 amide bonds. The van der Waals surface area contributed by atoms with Crippen molar-refractivity contribution in [1.82, 2.24) is 0 Å². The fourth-order valence-electron chi connectivity index (χ4n) is 0.853. The Morgan fingerprint density at radius 1 is 1.29 bits per heavy atom. The first kappa shape index (κ1) is 10.9. The third-order valence-corrected chi connectivity index (χ3v) is 2.29. The Morgan fingerprint density at radius 3 is 2.64 bits per heavy atom. The van der Waals surface area contributed by atoms with Gasteiger partial charge in [0.2, 0.25) is 0 Å². The van der Waals surface area contributed by atoms with Crippen LogP contribution in [0.4, 0.5) is 0 Å². The predicted molar refractivity (Wildman–Crippen MR) is 61.3 cm³/mol. The number of benzene rings is 1. The standard InChI is InChI=1S/C9H9Cl2N3/c10-7-3-1-2-6(8(7)11)4-5-14-9(12)13/h1-5H,(H4,12,13,14)/b5-4+. The predicted octanol–water partition coefficient (Wildman–Crippen LogP) is 2.24. The van der Waals surface area contributed by atoms with Crippen molar-refractivity contribution in [2.45, 2.75) is 0 Å². The highest BCUT2D eigenvalue weighted by Gasteiger charge is 1.99. The van der Waals surface area contributed by atoms with Crippen molar-refractivity contribution in [2.75, 3.05) is 0 Å². The summed E-state index contributed by atoms with van der Waals surface area (Å²) in [5.41, 5.74) is 11.1. The maximum absolute atomic E-state index is 5.91. The average molecular weight is 230 g/mol. The van der Waals surface area contributed by atoms with Crippen LogP contribution >= 0.6 is 23.2 Å². The summed E-state index contributed by atoms with van der Waals surface area (Å²) in [6.07, 6.45) is 3.14. The van der Waals surface area contributed by atoms with Gasteiger partial charge in [0.05, 0.1) is 10.0 Å². The van der Waals surface area contributed by atoms with Gasteiger partial charge < -0.3 is 11.5 Å². The van der Waals surface area contributed by atoms with Gasteiger partial charge in [-0.1, -0.05) is 35.3 Å². The minimum absolute atomic E-state index is 0.000555. The molecule has 0 aromatic heterocycles. The molecule has 1 aromatic rings. The van der Waals surface area contributed by atoms with Gasteiger partial charge in [0.25, 0.3) is 0 Å². The highest BCUT2D eigenvalue weighted by Crippen LogP contribution is 2.26. The first-order chi connectivity index (χ1) is 6.61. The van der Waals surface area contributed by atoms with E-state index in [0.717, 1.165) is 5.56 Å². The molecular formula is C9H9Cl2N3. The monoisotopic (exact) mass is 229 g/mol. The quantitative estimate of drug-likeness (QED) is 0.604. The number of rotatable bonds is 2. The molecule has 5 heteroatoms. The van der Waals surface area contributed by atoms with Crippen molar-refractivity contribution >= 4 is 35.2 Å². The molecule has 0 aliphatic heterocycles. The Balaban J connectivity index is 2.92. The first-order valence-corrected chi connectivity index (χ1v) is 4.56. The molecule has 1 aromatic carbocycles. The van der Waals surface area contributed by atoms with E-state index in [1.807, 2.05) is 6.07 Å². The lowest BCUT2D eigenvalue weighted by molar-refractivity contribution is 1.44. The minimum atomic E-state index is -0.000555. The molecule has 0 saturated carbocycles. The van der Waals surface area contributed by atoms with Crippen LogP contribution in [-0.4, -0.2) is 5.96 Å². The van der Waals surface area contributed by atoms with Crippen molar-refractivity contribution in [3.63, 3.8) is 0 Å². The van der Waals surface area contributed by atoms with Crippen LogP contribution in [0.3, 0.4) is 0 Å². The molecule has 0 bridgehead atoms. The Bertz CT molecular complexity index is 382. The molecule has 14 heavy (non-hydrogen) atoms. The number of halogens is 2. The number of guanidine groups is 1. The highest BCUT2D eigenvalue weighted by molar-refractivity contribution is 6.42. The SMILES string of the molecule is NC(N)=N/C=C/c1cccc(Cl)c1Cl. The van der Waals surface area contributed by atoms with Crippen molar-refractivity contribution < 1.29 is 0 Å². The third kappa shape index (κ3) is 2.94. The van der Waals surface area contributed by atoms with E-state index in [-0.39, 0.29) is 5.96 Å². The number of hydrogen-bond donors (Lipinski definition) is 2. The smallest absolute Gasteiger partial charge is 0.190 e. The van der Waals surface area contributed by atoms with Crippen LogP contribution in [0.5, 0.6) is 0 Å². The molecular weight excluding hydrogens is 221 g/mol. The molecule has 0 unspecified atom stereocenters. The molecule has 1 rings (SSSR count). The molecule has 4 N–H and O–H groups in total. The highest BCUT2D eigenvalue weighted by atomic mass is 35.5. The molecule has 0 atom stereocenters. The zero-order valence-electron chi connectivity index (χ0n) is 7.24. The van der Waals surface area contributed by atoms with E-state index in [1.165, 1.54) is 6.20 Å². The van der Waals surface area contributed by atoms with Gasteiger partial charge in [-0.2, -0.15) is 0 Å². The van der Waals surface area contributed by atoms with Crippen LogP contribution in [0.2, 0.25) is 10.0 Å². The average Bonchev–Trinajstić information content (AvgIpc) is 2.12. The normalized spacial score (nSPS) is 10.4. The van der Waals surface area contributed by atoms with Gasteiger partial charge in [-0.3, -0.25) is 0 Å². The first-order valence-electron chi connectivity index (χ1n) is 3.80. The van der Waals surface area contributed by atoms with Gasteiger partial charge in [0.15, 0.2) is 5.96 Å². The van der Waals surface area contributed by atoms with Gasteiger partial charge >= 0.3 is 0 Å². The summed E-state index contributed by atoms with van der Waals surface area (Å²) in [6.45, 7) is 0. The fourth-order valence-corrected chi connectivity index (χ4v) is 1.22. The van der Waals surface area contributed by atoms with Crippen LogP contribution in [-0.2, 0) is 0 Å². The van der Waals surface area contributed by atoms with Crippen LogP contribution in [0.25, 0.3) is 6.08 Å². The number of nitrogens with zero attached hydrogens (tertiary/aromatic N) is 1. The van der Waals surface area contributed by atoms with E-state index < -0.39 is 0 Å². The third-order valence-electron chi connectivity index (χ3n) is 1.46. The van der Waals surface area contributed by atoms with Crippen molar-refractivity contribution in [1.29, 1.82) is 0 Å². The maximum Gasteiger partial charge on any atom is 0.190 e. The molecule has 0 aliphatic rings. The summed E-state index contributed by atoms with van der Waals surface area (Å²) in [4.78, 5) is 3.68. The van der Waals surface area contributed by atoms with Gasteiger partial charge in [-0.15, -0.1) is 0 Å². The zero-order chi connectivity index (χ0) is 10.6. The van der Waals surface area contributed by atoms with E-state index in [1.54, 1.807) is 18.2 Å². The summed E-state index contributed by atoms with van der Waals surface area (Å²) < 4.78 is 0. The largest absolute Gasteiger partial charge is 0.370 e. The van der Waals surface area contributed by atoms with Crippen molar-refractivity contribution in [2.24, 2.45) is 16.5 Å². The Hall–Kier alpha value is -1.19.